The standard InChI is InChI=1S/C17H14FN3O2/c1-11(12-2-4-13(18)5-3-12)20-16-6-7-17(21(22)23)15-10-19-9-8-14(15)16/h2-11,20H,1H3. The van der Waals surface area contributed by atoms with Crippen LogP contribution in [0.1, 0.15) is 18.5 Å². The van der Waals surface area contributed by atoms with Crippen molar-refractivity contribution in [2.45, 2.75) is 13.0 Å². The van der Waals surface area contributed by atoms with Crippen molar-refractivity contribution in [1.29, 1.82) is 0 Å². The zero-order valence-electron chi connectivity index (χ0n) is 12.4. The largest absolute Gasteiger partial charge is 0.378 e. The lowest BCUT2D eigenvalue weighted by molar-refractivity contribution is -0.383. The number of benzene rings is 2. The second kappa shape index (κ2) is 6.00. The van der Waals surface area contributed by atoms with Crippen molar-refractivity contribution in [2.24, 2.45) is 0 Å². The van der Waals surface area contributed by atoms with E-state index in [1.54, 1.807) is 30.5 Å². The molecule has 0 aliphatic carbocycles. The molecule has 5 nitrogen and oxygen atoms in total. The number of anilines is 1. The van der Waals surface area contributed by atoms with E-state index in [-0.39, 0.29) is 17.5 Å². The molecule has 1 heterocycles. The minimum Gasteiger partial charge on any atom is -0.378 e. The highest BCUT2D eigenvalue weighted by Crippen LogP contribution is 2.32. The van der Waals surface area contributed by atoms with Crippen molar-refractivity contribution in [3.63, 3.8) is 0 Å². The van der Waals surface area contributed by atoms with Crippen LogP contribution in [-0.2, 0) is 0 Å². The van der Waals surface area contributed by atoms with E-state index in [9.17, 15) is 14.5 Å². The first-order chi connectivity index (χ1) is 11.1. The van der Waals surface area contributed by atoms with Gasteiger partial charge < -0.3 is 5.32 Å². The highest BCUT2D eigenvalue weighted by atomic mass is 19.1. The lowest BCUT2D eigenvalue weighted by Crippen LogP contribution is -2.07. The first kappa shape index (κ1) is 14.9. The van der Waals surface area contributed by atoms with E-state index in [2.05, 4.69) is 10.3 Å². The minimum absolute atomic E-state index is 0.0214. The molecule has 0 bridgehead atoms. The number of non-ortho nitro benzene ring substituents is 1. The maximum Gasteiger partial charge on any atom is 0.278 e. The molecule has 2 aromatic carbocycles. The number of nitro benzene ring substituents is 1. The van der Waals surface area contributed by atoms with E-state index >= 15 is 0 Å². The molecule has 0 amide bonds. The van der Waals surface area contributed by atoms with Gasteiger partial charge in [-0.05, 0) is 36.8 Å². The van der Waals surface area contributed by atoms with Crippen molar-refractivity contribution in [2.75, 3.05) is 5.32 Å². The molecule has 0 aliphatic heterocycles. The number of nitro groups is 1. The number of nitrogens with zero attached hydrogens (tertiary/aromatic N) is 2. The molecule has 0 aliphatic rings. The molecule has 1 unspecified atom stereocenters. The molecule has 0 saturated heterocycles. The van der Waals surface area contributed by atoms with E-state index in [4.69, 9.17) is 0 Å². The minimum atomic E-state index is -0.419. The first-order valence-electron chi connectivity index (χ1n) is 7.09. The van der Waals surface area contributed by atoms with Gasteiger partial charge in [-0.2, -0.15) is 0 Å². The zero-order valence-corrected chi connectivity index (χ0v) is 12.4. The van der Waals surface area contributed by atoms with Crippen LogP contribution < -0.4 is 5.32 Å². The van der Waals surface area contributed by atoms with Gasteiger partial charge in [0.1, 0.15) is 5.82 Å². The molecule has 3 aromatic rings. The SMILES string of the molecule is CC(Nc1ccc([N+](=O)[O-])c2cnccc12)c1ccc(F)cc1. The van der Waals surface area contributed by atoms with Crippen LogP contribution in [0.2, 0.25) is 0 Å². The third kappa shape index (κ3) is 2.96. The third-order valence-corrected chi connectivity index (χ3v) is 3.73. The summed E-state index contributed by atoms with van der Waals surface area (Å²) in [6.07, 6.45) is 3.08. The van der Waals surface area contributed by atoms with E-state index in [0.717, 1.165) is 16.6 Å². The van der Waals surface area contributed by atoms with Crippen LogP contribution in [0.5, 0.6) is 0 Å². The molecule has 0 radical (unpaired) electrons. The summed E-state index contributed by atoms with van der Waals surface area (Å²) < 4.78 is 13.0. The topological polar surface area (TPSA) is 68.1 Å². The van der Waals surface area contributed by atoms with E-state index in [0.29, 0.717) is 5.39 Å². The lowest BCUT2D eigenvalue weighted by atomic mass is 10.1. The quantitative estimate of drug-likeness (QED) is 0.570. The van der Waals surface area contributed by atoms with Crippen LogP contribution in [0.3, 0.4) is 0 Å². The number of rotatable bonds is 4. The maximum atomic E-state index is 13.0. The van der Waals surface area contributed by atoms with Gasteiger partial charge in [-0.3, -0.25) is 15.1 Å². The molecule has 1 aromatic heterocycles. The van der Waals surface area contributed by atoms with Crippen LogP contribution >= 0.6 is 0 Å². The Morgan fingerprint density at radius 1 is 1.13 bits per heavy atom. The van der Waals surface area contributed by atoms with E-state index in [1.807, 2.05) is 6.92 Å². The van der Waals surface area contributed by atoms with Gasteiger partial charge in [0.15, 0.2) is 0 Å². The van der Waals surface area contributed by atoms with Crippen LogP contribution in [0.4, 0.5) is 15.8 Å². The van der Waals surface area contributed by atoms with Crippen LogP contribution in [0.15, 0.2) is 54.9 Å². The molecule has 6 heteroatoms. The normalized spacial score (nSPS) is 12.1. The Morgan fingerprint density at radius 2 is 1.87 bits per heavy atom. The molecule has 1 N–H and O–H groups in total. The second-order valence-corrected chi connectivity index (χ2v) is 5.23. The molecular weight excluding hydrogens is 297 g/mol. The average molecular weight is 311 g/mol. The van der Waals surface area contributed by atoms with Crippen LogP contribution in [0, 0.1) is 15.9 Å². The summed E-state index contributed by atoms with van der Waals surface area (Å²) in [4.78, 5) is 14.7. The van der Waals surface area contributed by atoms with Crippen molar-refractivity contribution >= 4 is 22.1 Å². The molecule has 3 rings (SSSR count). The predicted molar refractivity (Wildman–Crippen MR) is 86.8 cm³/mol. The summed E-state index contributed by atoms with van der Waals surface area (Å²) in [5, 5.41) is 15.6. The van der Waals surface area contributed by atoms with Crippen LogP contribution in [0.25, 0.3) is 10.8 Å². The third-order valence-electron chi connectivity index (χ3n) is 3.73. The van der Waals surface area contributed by atoms with Gasteiger partial charge in [-0.1, -0.05) is 12.1 Å². The Labute approximate surface area is 131 Å². The second-order valence-electron chi connectivity index (χ2n) is 5.23. The molecule has 116 valence electrons. The number of nitrogens with one attached hydrogen (secondary N) is 1. The van der Waals surface area contributed by atoms with Crippen molar-refractivity contribution in [1.82, 2.24) is 4.98 Å². The smallest absolute Gasteiger partial charge is 0.278 e. The molecule has 0 fully saturated rings. The summed E-state index contributed by atoms with van der Waals surface area (Å²) >= 11 is 0. The Kier molecular flexibility index (Phi) is 3.89. The summed E-state index contributed by atoms with van der Waals surface area (Å²) in [5.74, 6) is -0.284. The summed E-state index contributed by atoms with van der Waals surface area (Å²) in [6.45, 7) is 1.95. The molecular formula is C17H14FN3O2. The molecule has 1 atom stereocenters. The summed E-state index contributed by atoms with van der Waals surface area (Å²) in [7, 11) is 0. The Balaban J connectivity index is 1.99. The molecule has 0 spiro atoms. The van der Waals surface area contributed by atoms with Gasteiger partial charge in [0, 0.05) is 35.6 Å². The van der Waals surface area contributed by atoms with E-state index < -0.39 is 4.92 Å². The number of halogens is 1. The molecule has 23 heavy (non-hydrogen) atoms. The Morgan fingerprint density at radius 3 is 2.57 bits per heavy atom. The summed E-state index contributed by atoms with van der Waals surface area (Å²) in [6, 6.07) is 11.0. The Hall–Kier alpha value is -3.02. The van der Waals surface area contributed by atoms with Crippen molar-refractivity contribution in [3.8, 4) is 0 Å². The predicted octanol–water partition coefficient (Wildman–Crippen LogP) is 4.46. The monoisotopic (exact) mass is 311 g/mol. The van der Waals surface area contributed by atoms with Gasteiger partial charge in [-0.25, -0.2) is 4.39 Å². The fourth-order valence-corrected chi connectivity index (χ4v) is 2.53. The zero-order chi connectivity index (χ0) is 16.4. The Bertz CT molecular complexity index is 865. The van der Waals surface area contributed by atoms with Gasteiger partial charge in [0.05, 0.1) is 10.3 Å². The fraction of sp³-hybridized carbons (Fsp3) is 0.118. The van der Waals surface area contributed by atoms with Gasteiger partial charge in [-0.15, -0.1) is 0 Å². The van der Waals surface area contributed by atoms with E-state index in [1.165, 1.54) is 24.4 Å². The summed E-state index contributed by atoms with van der Waals surface area (Å²) in [5.41, 5.74) is 1.71. The number of hydrogen-bond donors (Lipinski definition) is 1. The van der Waals surface area contributed by atoms with Gasteiger partial charge in [0.2, 0.25) is 0 Å². The lowest BCUT2D eigenvalue weighted by Gasteiger charge is -2.17. The average Bonchev–Trinajstić information content (AvgIpc) is 2.55. The maximum absolute atomic E-state index is 13.0. The highest BCUT2D eigenvalue weighted by molar-refractivity contribution is 5.99. The van der Waals surface area contributed by atoms with Gasteiger partial charge in [0.25, 0.3) is 5.69 Å². The number of fused-ring (bicyclic) bond motifs is 1. The fourth-order valence-electron chi connectivity index (χ4n) is 2.53. The highest BCUT2D eigenvalue weighted by Gasteiger charge is 2.15. The first-order valence-corrected chi connectivity index (χ1v) is 7.09. The number of hydrogen-bond acceptors (Lipinski definition) is 4. The number of aromatic nitrogens is 1. The van der Waals surface area contributed by atoms with Crippen molar-refractivity contribution < 1.29 is 9.31 Å². The van der Waals surface area contributed by atoms with Gasteiger partial charge >= 0.3 is 0 Å². The van der Waals surface area contributed by atoms with Crippen LogP contribution in [-0.4, -0.2) is 9.91 Å². The van der Waals surface area contributed by atoms with Crippen molar-refractivity contribution in [3.05, 3.63) is 76.4 Å². The number of pyridine rings is 1. The molecule has 0 saturated carbocycles.